The predicted octanol–water partition coefficient (Wildman–Crippen LogP) is 3.16. The van der Waals surface area contributed by atoms with E-state index in [1.807, 2.05) is 24.3 Å². The second-order valence-corrected chi connectivity index (χ2v) is 3.19. The minimum Gasteiger partial charge on any atom is -0.207 e. The van der Waals surface area contributed by atoms with Crippen LogP contribution in [0.15, 0.2) is 30.3 Å². The second kappa shape index (κ2) is 3.12. The first-order chi connectivity index (χ1) is 6.74. The normalized spacial score (nSPS) is 10.1. The first-order valence-electron chi connectivity index (χ1n) is 4.32. The SMILES string of the molecule is Cc1c(F)cc2ccccc2c1C#N. The van der Waals surface area contributed by atoms with Crippen LogP contribution in [-0.4, -0.2) is 0 Å². The van der Waals surface area contributed by atoms with Gasteiger partial charge in [0.15, 0.2) is 0 Å². The van der Waals surface area contributed by atoms with Gasteiger partial charge in [0.2, 0.25) is 0 Å². The van der Waals surface area contributed by atoms with E-state index in [4.69, 9.17) is 5.26 Å². The van der Waals surface area contributed by atoms with Crippen molar-refractivity contribution in [1.82, 2.24) is 0 Å². The van der Waals surface area contributed by atoms with Gasteiger partial charge >= 0.3 is 0 Å². The lowest BCUT2D eigenvalue weighted by Gasteiger charge is -2.04. The Labute approximate surface area is 81.4 Å². The molecule has 0 spiro atoms. The number of halogens is 1. The van der Waals surface area contributed by atoms with Crippen LogP contribution < -0.4 is 0 Å². The maximum Gasteiger partial charge on any atom is 0.128 e. The fraction of sp³-hybridized carbons (Fsp3) is 0.0833. The van der Waals surface area contributed by atoms with Gasteiger partial charge in [0.25, 0.3) is 0 Å². The van der Waals surface area contributed by atoms with Crippen LogP contribution in [0.4, 0.5) is 4.39 Å². The van der Waals surface area contributed by atoms with Gasteiger partial charge in [-0.25, -0.2) is 4.39 Å². The molecule has 0 N–H and O–H groups in total. The lowest BCUT2D eigenvalue weighted by atomic mass is 10.0. The van der Waals surface area contributed by atoms with Gasteiger partial charge in [0.1, 0.15) is 11.9 Å². The summed E-state index contributed by atoms with van der Waals surface area (Å²) in [6.07, 6.45) is 0. The summed E-state index contributed by atoms with van der Waals surface area (Å²) in [5, 5.41) is 10.5. The number of nitrogens with zero attached hydrogens (tertiary/aromatic N) is 1. The Morgan fingerprint density at radius 2 is 2.00 bits per heavy atom. The van der Waals surface area contributed by atoms with E-state index >= 15 is 0 Å². The first kappa shape index (κ1) is 8.71. The van der Waals surface area contributed by atoms with Crippen LogP contribution in [0, 0.1) is 24.1 Å². The highest BCUT2D eigenvalue weighted by Crippen LogP contribution is 2.23. The summed E-state index contributed by atoms with van der Waals surface area (Å²) in [4.78, 5) is 0. The summed E-state index contributed by atoms with van der Waals surface area (Å²) in [7, 11) is 0. The van der Waals surface area contributed by atoms with E-state index in [-0.39, 0.29) is 5.82 Å². The molecule has 0 fully saturated rings. The molecule has 0 aliphatic heterocycles. The topological polar surface area (TPSA) is 23.8 Å². The molecule has 2 heteroatoms. The van der Waals surface area contributed by atoms with Crippen LogP contribution in [0.3, 0.4) is 0 Å². The molecule has 68 valence electrons. The van der Waals surface area contributed by atoms with Crippen LogP contribution >= 0.6 is 0 Å². The monoisotopic (exact) mass is 185 g/mol. The molecule has 1 nitrogen and oxygen atoms in total. The van der Waals surface area contributed by atoms with Crippen molar-refractivity contribution in [2.75, 3.05) is 0 Å². The second-order valence-electron chi connectivity index (χ2n) is 3.19. The molecule has 0 aliphatic carbocycles. The van der Waals surface area contributed by atoms with Crippen molar-refractivity contribution in [3.63, 3.8) is 0 Å². The zero-order chi connectivity index (χ0) is 10.1. The number of hydrogen-bond acceptors (Lipinski definition) is 1. The molecular weight excluding hydrogens is 177 g/mol. The third-order valence-electron chi connectivity index (χ3n) is 2.36. The number of nitriles is 1. The summed E-state index contributed by atoms with van der Waals surface area (Å²) in [6, 6.07) is 10.8. The van der Waals surface area contributed by atoms with Gasteiger partial charge < -0.3 is 0 Å². The summed E-state index contributed by atoms with van der Waals surface area (Å²) < 4.78 is 13.3. The molecule has 0 saturated heterocycles. The van der Waals surface area contributed by atoms with Gasteiger partial charge in [0, 0.05) is 5.56 Å². The number of fused-ring (bicyclic) bond motifs is 1. The quantitative estimate of drug-likeness (QED) is 0.618. The highest BCUT2D eigenvalue weighted by Gasteiger charge is 2.08. The minimum absolute atomic E-state index is 0.319. The van der Waals surface area contributed by atoms with E-state index in [1.54, 1.807) is 13.0 Å². The number of benzene rings is 2. The summed E-state index contributed by atoms with van der Waals surface area (Å²) in [5.74, 6) is -0.319. The molecule has 0 aromatic heterocycles. The van der Waals surface area contributed by atoms with E-state index in [0.717, 1.165) is 10.8 Å². The Bertz CT molecular complexity index is 538. The Morgan fingerprint density at radius 3 is 2.71 bits per heavy atom. The van der Waals surface area contributed by atoms with E-state index in [1.165, 1.54) is 6.07 Å². The van der Waals surface area contributed by atoms with Gasteiger partial charge in [-0.2, -0.15) is 5.26 Å². The molecule has 0 aliphatic rings. The minimum atomic E-state index is -0.319. The highest BCUT2D eigenvalue weighted by molar-refractivity contribution is 5.89. The Kier molecular flexibility index (Phi) is 1.94. The molecule has 0 atom stereocenters. The molecule has 0 heterocycles. The van der Waals surface area contributed by atoms with E-state index < -0.39 is 0 Å². The molecule has 0 saturated carbocycles. The third-order valence-corrected chi connectivity index (χ3v) is 2.36. The van der Waals surface area contributed by atoms with Crippen molar-refractivity contribution in [3.05, 3.63) is 47.3 Å². The fourth-order valence-corrected chi connectivity index (χ4v) is 1.56. The van der Waals surface area contributed by atoms with Gasteiger partial charge in [0.05, 0.1) is 5.56 Å². The molecule has 0 unspecified atom stereocenters. The average molecular weight is 185 g/mol. The van der Waals surface area contributed by atoms with Crippen LogP contribution in [0.2, 0.25) is 0 Å². The van der Waals surface area contributed by atoms with Gasteiger partial charge in [-0.3, -0.25) is 0 Å². The van der Waals surface area contributed by atoms with Gasteiger partial charge in [-0.1, -0.05) is 24.3 Å². The highest BCUT2D eigenvalue weighted by atomic mass is 19.1. The summed E-state index contributed by atoms with van der Waals surface area (Å²) in [6.45, 7) is 1.63. The zero-order valence-electron chi connectivity index (χ0n) is 7.71. The first-order valence-corrected chi connectivity index (χ1v) is 4.32. The Morgan fingerprint density at radius 1 is 1.29 bits per heavy atom. The molecular formula is C12H8FN. The maximum absolute atomic E-state index is 13.3. The standard InChI is InChI=1S/C12H8FN/c1-8-11(7-14)10-5-3-2-4-9(10)6-12(8)13/h2-6H,1H3. The van der Waals surface area contributed by atoms with E-state index in [9.17, 15) is 4.39 Å². The molecule has 0 bridgehead atoms. The summed E-state index contributed by atoms with van der Waals surface area (Å²) >= 11 is 0. The Balaban J connectivity index is 2.98. The zero-order valence-corrected chi connectivity index (χ0v) is 7.71. The fourth-order valence-electron chi connectivity index (χ4n) is 1.56. The molecule has 2 rings (SSSR count). The largest absolute Gasteiger partial charge is 0.207 e. The van der Waals surface area contributed by atoms with E-state index in [2.05, 4.69) is 0 Å². The molecule has 14 heavy (non-hydrogen) atoms. The molecule has 2 aromatic rings. The molecule has 2 aromatic carbocycles. The van der Waals surface area contributed by atoms with Gasteiger partial charge in [-0.05, 0) is 23.8 Å². The Hall–Kier alpha value is -1.88. The van der Waals surface area contributed by atoms with Crippen molar-refractivity contribution in [1.29, 1.82) is 5.26 Å². The summed E-state index contributed by atoms with van der Waals surface area (Å²) in [5.41, 5.74) is 0.854. The van der Waals surface area contributed by atoms with Crippen molar-refractivity contribution in [2.45, 2.75) is 6.92 Å². The lowest BCUT2D eigenvalue weighted by molar-refractivity contribution is 0.620. The van der Waals surface area contributed by atoms with Gasteiger partial charge in [-0.15, -0.1) is 0 Å². The lowest BCUT2D eigenvalue weighted by Crippen LogP contribution is -1.90. The van der Waals surface area contributed by atoms with Crippen LogP contribution in [0.25, 0.3) is 10.8 Å². The van der Waals surface area contributed by atoms with Crippen LogP contribution in [0.5, 0.6) is 0 Å². The van der Waals surface area contributed by atoms with Crippen LogP contribution in [-0.2, 0) is 0 Å². The number of rotatable bonds is 0. The third kappa shape index (κ3) is 1.14. The smallest absolute Gasteiger partial charge is 0.128 e. The maximum atomic E-state index is 13.3. The van der Waals surface area contributed by atoms with Crippen molar-refractivity contribution in [3.8, 4) is 6.07 Å². The number of hydrogen-bond donors (Lipinski definition) is 0. The molecule has 0 radical (unpaired) electrons. The predicted molar refractivity (Wildman–Crippen MR) is 53.4 cm³/mol. The van der Waals surface area contributed by atoms with Crippen molar-refractivity contribution < 1.29 is 4.39 Å². The van der Waals surface area contributed by atoms with E-state index in [0.29, 0.717) is 11.1 Å². The molecule has 0 amide bonds. The van der Waals surface area contributed by atoms with Crippen LogP contribution in [0.1, 0.15) is 11.1 Å². The van der Waals surface area contributed by atoms with Crippen molar-refractivity contribution >= 4 is 10.8 Å². The average Bonchev–Trinajstić information content (AvgIpc) is 2.20. The van der Waals surface area contributed by atoms with Crippen molar-refractivity contribution in [2.24, 2.45) is 0 Å².